The second kappa shape index (κ2) is 6.39. The zero-order valence-electron chi connectivity index (χ0n) is 11.9. The number of benzene rings is 2. The average Bonchev–Trinajstić information content (AvgIpc) is 3.00. The van der Waals surface area contributed by atoms with Gasteiger partial charge in [0.1, 0.15) is 0 Å². The van der Waals surface area contributed by atoms with Crippen LogP contribution in [-0.2, 0) is 11.2 Å². The fourth-order valence-corrected chi connectivity index (χ4v) is 2.08. The molecule has 0 radical (unpaired) electrons. The Morgan fingerprint density at radius 2 is 1.83 bits per heavy atom. The minimum Gasteiger partial charge on any atom is -0.356 e. The summed E-state index contributed by atoms with van der Waals surface area (Å²) in [6, 6.07) is 14.2. The third-order valence-electron chi connectivity index (χ3n) is 3.16. The van der Waals surface area contributed by atoms with E-state index in [1.54, 1.807) is 6.07 Å². The van der Waals surface area contributed by atoms with Gasteiger partial charge in [0.25, 0.3) is 0 Å². The molecule has 1 aromatic heterocycles. The van der Waals surface area contributed by atoms with E-state index in [0.717, 1.165) is 17.7 Å². The summed E-state index contributed by atoms with van der Waals surface area (Å²) in [7, 11) is 0. The second-order valence-corrected chi connectivity index (χ2v) is 4.90. The molecule has 0 aliphatic rings. The lowest BCUT2D eigenvalue weighted by atomic mass is 10.1. The van der Waals surface area contributed by atoms with Crippen LogP contribution in [-0.4, -0.2) is 11.1 Å². The topological polar surface area (TPSA) is 55.1 Å². The van der Waals surface area contributed by atoms with E-state index in [1.807, 2.05) is 30.3 Å². The summed E-state index contributed by atoms with van der Waals surface area (Å²) in [6.07, 6.45) is -0.0324. The van der Waals surface area contributed by atoms with E-state index in [1.165, 1.54) is 6.07 Å². The van der Waals surface area contributed by atoms with Crippen molar-refractivity contribution in [3.63, 3.8) is 0 Å². The molecule has 2 aromatic carbocycles. The van der Waals surface area contributed by atoms with Crippen LogP contribution in [0.2, 0.25) is 0 Å². The van der Waals surface area contributed by atoms with Crippen LogP contribution in [0.1, 0.15) is 5.69 Å². The molecule has 23 heavy (non-hydrogen) atoms. The van der Waals surface area contributed by atoms with Crippen LogP contribution in [0.15, 0.2) is 59.1 Å². The molecule has 3 aromatic rings. The number of anilines is 1. The molecule has 1 N–H and O–H groups in total. The predicted octanol–water partition coefficient (Wildman–Crippen LogP) is 3.80. The smallest absolute Gasteiger partial charge is 0.230 e. The first-order chi connectivity index (χ1) is 11.1. The zero-order valence-corrected chi connectivity index (χ0v) is 11.9. The molecule has 0 atom stereocenters. The third kappa shape index (κ3) is 3.60. The van der Waals surface area contributed by atoms with Crippen LogP contribution in [0.3, 0.4) is 0 Å². The number of nitrogens with zero attached hydrogens (tertiary/aromatic N) is 1. The van der Waals surface area contributed by atoms with E-state index in [2.05, 4.69) is 10.5 Å². The van der Waals surface area contributed by atoms with Gasteiger partial charge in [-0.3, -0.25) is 4.79 Å². The van der Waals surface area contributed by atoms with Gasteiger partial charge in [0.2, 0.25) is 5.91 Å². The number of aromatic nitrogens is 1. The largest absolute Gasteiger partial charge is 0.356 e. The third-order valence-corrected chi connectivity index (χ3v) is 3.16. The van der Waals surface area contributed by atoms with Gasteiger partial charge in [-0.1, -0.05) is 35.5 Å². The summed E-state index contributed by atoms with van der Waals surface area (Å²) in [5.74, 6) is -1.83. The predicted molar refractivity (Wildman–Crippen MR) is 80.6 cm³/mol. The molecule has 0 unspecified atom stereocenters. The lowest BCUT2D eigenvalue weighted by Gasteiger charge is -2.04. The molecular weight excluding hydrogens is 302 g/mol. The second-order valence-electron chi connectivity index (χ2n) is 4.90. The van der Waals surface area contributed by atoms with Crippen LogP contribution in [0.5, 0.6) is 0 Å². The monoisotopic (exact) mass is 314 g/mol. The maximum atomic E-state index is 13.1. The van der Waals surface area contributed by atoms with Crippen molar-refractivity contribution >= 4 is 11.6 Å². The van der Waals surface area contributed by atoms with Crippen molar-refractivity contribution in [2.45, 2.75) is 6.42 Å². The molecule has 3 rings (SSSR count). The van der Waals surface area contributed by atoms with E-state index in [9.17, 15) is 13.6 Å². The number of hydrogen-bond acceptors (Lipinski definition) is 3. The molecule has 6 heteroatoms. The molecule has 0 saturated heterocycles. The van der Waals surface area contributed by atoms with Crippen LogP contribution < -0.4 is 5.32 Å². The number of carbonyl (C=O) groups is 1. The number of hydrogen-bond donors (Lipinski definition) is 1. The lowest BCUT2D eigenvalue weighted by Crippen LogP contribution is -2.14. The highest BCUT2D eigenvalue weighted by atomic mass is 19.2. The quantitative estimate of drug-likeness (QED) is 0.797. The standard InChI is InChI=1S/C17H12F2N2O2/c18-14-7-6-12(8-15(14)19)20-17(22)10-13-9-16(23-21-13)11-4-2-1-3-5-11/h1-9H,10H2,(H,20,22). The normalized spacial score (nSPS) is 10.5. The lowest BCUT2D eigenvalue weighted by molar-refractivity contribution is -0.115. The molecule has 0 saturated carbocycles. The summed E-state index contributed by atoms with van der Waals surface area (Å²) in [4.78, 5) is 11.9. The highest BCUT2D eigenvalue weighted by Crippen LogP contribution is 2.20. The molecule has 116 valence electrons. The first kappa shape index (κ1) is 14.9. The van der Waals surface area contributed by atoms with E-state index in [-0.39, 0.29) is 12.1 Å². The van der Waals surface area contributed by atoms with Gasteiger partial charge in [0.05, 0.1) is 12.1 Å². The maximum Gasteiger partial charge on any atom is 0.230 e. The van der Waals surface area contributed by atoms with Crippen molar-refractivity contribution in [2.75, 3.05) is 5.32 Å². The first-order valence-corrected chi connectivity index (χ1v) is 6.88. The molecule has 0 bridgehead atoms. The number of rotatable bonds is 4. The van der Waals surface area contributed by atoms with Gasteiger partial charge in [0, 0.05) is 23.4 Å². The molecule has 1 heterocycles. The molecule has 1 amide bonds. The van der Waals surface area contributed by atoms with Crippen molar-refractivity contribution in [3.05, 3.63) is 71.9 Å². The summed E-state index contributed by atoms with van der Waals surface area (Å²) < 4.78 is 31.1. The van der Waals surface area contributed by atoms with Crippen LogP contribution >= 0.6 is 0 Å². The summed E-state index contributed by atoms with van der Waals surface area (Å²) in [5.41, 5.74) is 1.48. The first-order valence-electron chi connectivity index (χ1n) is 6.88. The fraction of sp³-hybridized carbons (Fsp3) is 0.0588. The van der Waals surface area contributed by atoms with Gasteiger partial charge >= 0.3 is 0 Å². The Morgan fingerprint density at radius 3 is 2.57 bits per heavy atom. The minimum atomic E-state index is -1.02. The summed E-state index contributed by atoms with van der Waals surface area (Å²) in [6.45, 7) is 0. The van der Waals surface area contributed by atoms with Crippen LogP contribution in [0.25, 0.3) is 11.3 Å². The molecule has 0 spiro atoms. The minimum absolute atomic E-state index is 0.0324. The SMILES string of the molecule is O=C(Cc1cc(-c2ccccc2)on1)Nc1ccc(F)c(F)c1. The Labute approximate surface area is 130 Å². The molecule has 0 fully saturated rings. The highest BCUT2D eigenvalue weighted by Gasteiger charge is 2.11. The van der Waals surface area contributed by atoms with Crippen molar-refractivity contribution in [1.29, 1.82) is 0 Å². The Hall–Kier alpha value is -3.02. The molecule has 0 aliphatic heterocycles. The van der Waals surface area contributed by atoms with Crippen molar-refractivity contribution in [2.24, 2.45) is 0 Å². The number of carbonyl (C=O) groups excluding carboxylic acids is 1. The fourth-order valence-electron chi connectivity index (χ4n) is 2.08. The summed E-state index contributed by atoms with van der Waals surface area (Å²) in [5, 5.41) is 6.32. The molecular formula is C17H12F2N2O2. The molecule has 0 aliphatic carbocycles. The van der Waals surface area contributed by atoms with E-state index in [0.29, 0.717) is 11.5 Å². The molecule has 4 nitrogen and oxygen atoms in total. The van der Waals surface area contributed by atoms with Crippen molar-refractivity contribution < 1.29 is 18.1 Å². The maximum absolute atomic E-state index is 13.1. The average molecular weight is 314 g/mol. The van der Waals surface area contributed by atoms with E-state index < -0.39 is 17.5 Å². The van der Waals surface area contributed by atoms with E-state index >= 15 is 0 Å². The zero-order chi connectivity index (χ0) is 16.2. The van der Waals surface area contributed by atoms with E-state index in [4.69, 9.17) is 4.52 Å². The Kier molecular flexibility index (Phi) is 4.14. The van der Waals surface area contributed by atoms with Gasteiger partial charge in [-0.2, -0.15) is 0 Å². The Bertz CT molecular complexity index is 832. The van der Waals surface area contributed by atoms with Crippen LogP contribution in [0.4, 0.5) is 14.5 Å². The van der Waals surface area contributed by atoms with Crippen LogP contribution in [0, 0.1) is 11.6 Å². The van der Waals surface area contributed by atoms with Gasteiger partial charge in [-0.15, -0.1) is 0 Å². The van der Waals surface area contributed by atoms with Gasteiger partial charge in [-0.05, 0) is 12.1 Å². The van der Waals surface area contributed by atoms with Crippen molar-refractivity contribution in [3.8, 4) is 11.3 Å². The number of nitrogens with one attached hydrogen (secondary N) is 1. The number of amides is 1. The number of halogens is 2. The van der Waals surface area contributed by atoms with Gasteiger partial charge in [0.15, 0.2) is 17.4 Å². The van der Waals surface area contributed by atoms with Gasteiger partial charge in [-0.25, -0.2) is 8.78 Å². The van der Waals surface area contributed by atoms with Gasteiger partial charge < -0.3 is 9.84 Å². The Balaban J connectivity index is 1.66. The van der Waals surface area contributed by atoms with Crippen molar-refractivity contribution in [1.82, 2.24) is 5.16 Å². The highest BCUT2D eigenvalue weighted by molar-refractivity contribution is 5.92. The summed E-state index contributed by atoms with van der Waals surface area (Å²) >= 11 is 0. The Morgan fingerprint density at radius 1 is 1.04 bits per heavy atom.